The molecule has 4 aromatic rings. The summed E-state index contributed by atoms with van der Waals surface area (Å²) in [4.78, 5) is 35.8. The van der Waals surface area contributed by atoms with Crippen LogP contribution in [-0.2, 0) is 9.59 Å². The molecule has 35 heavy (non-hydrogen) atoms. The average Bonchev–Trinajstić information content (AvgIpc) is 3.43. The van der Waals surface area contributed by atoms with Gasteiger partial charge >= 0.3 is 5.97 Å². The summed E-state index contributed by atoms with van der Waals surface area (Å²) in [6.07, 6.45) is 6.60. The zero-order valence-corrected chi connectivity index (χ0v) is 19.0. The summed E-state index contributed by atoms with van der Waals surface area (Å²) >= 11 is 0. The highest BCUT2D eigenvalue weighted by Gasteiger charge is 2.47. The number of anilines is 2. The summed E-state index contributed by atoms with van der Waals surface area (Å²) in [5, 5.41) is 21.4. The number of nitrogens with one attached hydrogen (secondary N) is 3. The first-order valence-electron chi connectivity index (χ1n) is 11.7. The molecule has 180 valence electrons. The van der Waals surface area contributed by atoms with Gasteiger partial charge in [-0.1, -0.05) is 0 Å². The van der Waals surface area contributed by atoms with E-state index in [9.17, 15) is 19.1 Å². The van der Waals surface area contributed by atoms with E-state index in [-0.39, 0.29) is 29.6 Å². The van der Waals surface area contributed by atoms with Crippen LogP contribution in [0.25, 0.3) is 27.9 Å². The van der Waals surface area contributed by atoms with Crippen LogP contribution in [0.3, 0.4) is 0 Å². The lowest BCUT2D eigenvalue weighted by Gasteiger charge is -2.47. The molecule has 0 spiro atoms. The van der Waals surface area contributed by atoms with E-state index in [1.807, 2.05) is 0 Å². The van der Waals surface area contributed by atoms with Gasteiger partial charge in [-0.15, -0.1) is 5.10 Å². The molecule has 2 atom stereocenters. The maximum Gasteiger partial charge on any atom is 0.308 e. The Morgan fingerprint density at radius 2 is 1.97 bits per heavy atom. The molecular formula is C24H24FN7O3. The van der Waals surface area contributed by atoms with E-state index in [1.54, 1.807) is 22.8 Å². The number of nitrogens with zero attached hydrogens (tertiary/aromatic N) is 4. The van der Waals surface area contributed by atoms with E-state index in [0.29, 0.717) is 33.7 Å². The third-order valence-corrected chi connectivity index (χ3v) is 7.36. The van der Waals surface area contributed by atoms with Crippen molar-refractivity contribution < 1.29 is 19.1 Å². The maximum atomic E-state index is 14.0. The molecule has 4 aromatic heterocycles. The van der Waals surface area contributed by atoms with Crippen molar-refractivity contribution in [3.05, 3.63) is 36.4 Å². The van der Waals surface area contributed by atoms with E-state index in [4.69, 9.17) is 4.98 Å². The smallest absolute Gasteiger partial charge is 0.308 e. The predicted molar refractivity (Wildman–Crippen MR) is 126 cm³/mol. The highest BCUT2D eigenvalue weighted by atomic mass is 19.1. The number of amides is 1. The average molecular weight is 478 g/mol. The van der Waals surface area contributed by atoms with Crippen molar-refractivity contribution in [1.82, 2.24) is 24.6 Å². The highest BCUT2D eigenvalue weighted by Crippen LogP contribution is 2.46. The second kappa shape index (κ2) is 8.03. The first-order chi connectivity index (χ1) is 16.9. The summed E-state index contributed by atoms with van der Waals surface area (Å²) in [5.74, 6) is -0.472. The van der Waals surface area contributed by atoms with Crippen LogP contribution in [0.5, 0.6) is 0 Å². The lowest BCUT2D eigenvalue weighted by atomic mass is 9.61. The minimum Gasteiger partial charge on any atom is -0.481 e. The number of carbonyl (C=O) groups excluding carboxylic acids is 1. The molecular weight excluding hydrogens is 453 g/mol. The zero-order chi connectivity index (χ0) is 24.3. The quantitative estimate of drug-likeness (QED) is 0.344. The molecule has 0 aliphatic heterocycles. The molecule has 10 nitrogen and oxygen atoms in total. The molecule has 3 fully saturated rings. The minimum absolute atomic E-state index is 0.136. The fourth-order valence-corrected chi connectivity index (χ4v) is 5.82. The molecule has 4 heterocycles. The summed E-state index contributed by atoms with van der Waals surface area (Å²) in [6, 6.07) is 4.59. The van der Waals surface area contributed by atoms with Crippen LogP contribution in [0.2, 0.25) is 0 Å². The van der Waals surface area contributed by atoms with Gasteiger partial charge < -0.3 is 20.7 Å². The van der Waals surface area contributed by atoms with Crippen molar-refractivity contribution in [2.75, 3.05) is 10.6 Å². The summed E-state index contributed by atoms with van der Waals surface area (Å²) in [6.45, 7) is 1.41. The SMILES string of the molecule is CC(=O)Nc1ccc2c(N[C@@H]3C4CCC(CC4)[C@H]3C(=O)O)nc(-c3c[nH]c4ncc(F)cc34)nn12. The number of rotatable bonds is 5. The largest absolute Gasteiger partial charge is 0.481 e. The van der Waals surface area contributed by atoms with Crippen LogP contribution in [0, 0.1) is 23.6 Å². The lowest BCUT2D eigenvalue weighted by Crippen LogP contribution is -2.51. The summed E-state index contributed by atoms with van der Waals surface area (Å²) in [7, 11) is 0. The Hall–Kier alpha value is -4.02. The number of halogens is 1. The number of hydrogen-bond acceptors (Lipinski definition) is 6. The molecule has 0 saturated heterocycles. The summed E-state index contributed by atoms with van der Waals surface area (Å²) < 4.78 is 15.5. The number of aliphatic carboxylic acids is 1. The monoisotopic (exact) mass is 477 g/mol. The third kappa shape index (κ3) is 3.58. The number of aromatic amines is 1. The Labute approximate surface area is 199 Å². The van der Waals surface area contributed by atoms with Crippen molar-refractivity contribution in [1.29, 1.82) is 0 Å². The zero-order valence-electron chi connectivity index (χ0n) is 19.0. The fraction of sp³-hybridized carbons (Fsp3) is 0.375. The van der Waals surface area contributed by atoms with Crippen LogP contribution in [0.4, 0.5) is 16.0 Å². The van der Waals surface area contributed by atoms with Gasteiger partial charge in [-0.2, -0.15) is 0 Å². The number of pyridine rings is 1. The molecule has 11 heteroatoms. The predicted octanol–water partition coefficient (Wildman–Crippen LogP) is 3.67. The molecule has 0 aromatic carbocycles. The van der Waals surface area contributed by atoms with Crippen molar-refractivity contribution >= 4 is 40.1 Å². The molecule has 7 rings (SSSR count). The summed E-state index contributed by atoms with van der Waals surface area (Å²) in [5.41, 5.74) is 1.64. The first kappa shape index (κ1) is 21.5. The number of aromatic nitrogens is 5. The van der Waals surface area contributed by atoms with E-state index < -0.39 is 17.7 Å². The van der Waals surface area contributed by atoms with E-state index in [2.05, 4.69) is 25.7 Å². The lowest BCUT2D eigenvalue weighted by molar-refractivity contribution is -0.148. The van der Waals surface area contributed by atoms with Gasteiger partial charge in [-0.3, -0.25) is 9.59 Å². The number of fused-ring (bicyclic) bond motifs is 5. The molecule has 0 radical (unpaired) electrons. The van der Waals surface area contributed by atoms with Crippen LogP contribution in [0.1, 0.15) is 32.6 Å². The molecule has 0 unspecified atom stereocenters. The third-order valence-electron chi connectivity index (χ3n) is 7.36. The van der Waals surface area contributed by atoms with Gasteiger partial charge in [0.15, 0.2) is 11.6 Å². The minimum atomic E-state index is -0.797. The first-order valence-corrected chi connectivity index (χ1v) is 11.7. The number of carbonyl (C=O) groups is 2. The number of carboxylic acid groups (broad SMARTS) is 1. The number of H-pyrrole nitrogens is 1. The number of hydrogen-bond donors (Lipinski definition) is 4. The van der Waals surface area contributed by atoms with Gasteiger partial charge in [-0.05, 0) is 55.7 Å². The standard InChI is InChI=1S/C24H24FN7O3/c1-11(33)28-18-7-6-17-23(29-20-13-4-2-12(3-5-13)19(20)24(34)35)30-22(31-32(17)18)16-10-27-21-15(16)8-14(25)9-26-21/h6-10,12-13,19-20H,2-5H2,1H3,(H,26,27)(H,28,33)(H,34,35)(H,29,30,31)/t12?,13?,19-,20-/m1/s1. The van der Waals surface area contributed by atoms with Crippen LogP contribution >= 0.6 is 0 Å². The Bertz CT molecular complexity index is 1470. The molecule has 3 saturated carbocycles. The normalized spacial score (nSPS) is 23.6. The van der Waals surface area contributed by atoms with Crippen molar-refractivity contribution in [3.63, 3.8) is 0 Å². The van der Waals surface area contributed by atoms with E-state index >= 15 is 0 Å². The topological polar surface area (TPSA) is 137 Å². The van der Waals surface area contributed by atoms with E-state index in [0.717, 1.165) is 31.9 Å². The Morgan fingerprint density at radius 3 is 2.71 bits per heavy atom. The van der Waals surface area contributed by atoms with Crippen LogP contribution in [0.15, 0.2) is 30.6 Å². The highest BCUT2D eigenvalue weighted by molar-refractivity contribution is 5.93. The Kier molecular flexibility index (Phi) is 4.94. The fourth-order valence-electron chi connectivity index (χ4n) is 5.82. The second-order valence-corrected chi connectivity index (χ2v) is 9.44. The van der Waals surface area contributed by atoms with Crippen LogP contribution in [-0.4, -0.2) is 47.6 Å². The van der Waals surface area contributed by atoms with Crippen molar-refractivity contribution in [2.45, 2.75) is 38.6 Å². The van der Waals surface area contributed by atoms with E-state index in [1.165, 1.54) is 13.0 Å². The van der Waals surface area contributed by atoms with Crippen LogP contribution < -0.4 is 10.6 Å². The van der Waals surface area contributed by atoms with Gasteiger partial charge in [0.05, 0.1) is 12.1 Å². The molecule has 1 amide bonds. The van der Waals surface area contributed by atoms with Gasteiger partial charge in [0.2, 0.25) is 5.91 Å². The Morgan fingerprint density at radius 1 is 1.20 bits per heavy atom. The van der Waals surface area contributed by atoms with Gasteiger partial charge in [0.1, 0.15) is 22.8 Å². The van der Waals surface area contributed by atoms with Crippen molar-refractivity contribution in [2.24, 2.45) is 17.8 Å². The van der Waals surface area contributed by atoms with Gasteiger partial charge in [0, 0.05) is 30.1 Å². The van der Waals surface area contributed by atoms with Crippen molar-refractivity contribution in [3.8, 4) is 11.4 Å². The van der Waals surface area contributed by atoms with Gasteiger partial charge in [0.25, 0.3) is 0 Å². The maximum absolute atomic E-state index is 14.0. The molecule has 4 N–H and O–H groups in total. The number of carboxylic acids is 1. The second-order valence-electron chi connectivity index (χ2n) is 9.44. The Balaban J connectivity index is 1.50. The molecule has 3 aliphatic rings. The van der Waals surface area contributed by atoms with Gasteiger partial charge in [-0.25, -0.2) is 18.9 Å². The molecule has 2 bridgehead atoms. The molecule has 3 aliphatic carbocycles.